The molecule has 32 heavy (non-hydrogen) atoms. The fourth-order valence-corrected chi connectivity index (χ4v) is 4.74. The van der Waals surface area contributed by atoms with Gasteiger partial charge in [-0.25, -0.2) is 0 Å². The van der Waals surface area contributed by atoms with Gasteiger partial charge < -0.3 is 4.57 Å². The first-order valence-electron chi connectivity index (χ1n) is 11.2. The van der Waals surface area contributed by atoms with Gasteiger partial charge in [0.25, 0.3) is 0 Å². The lowest BCUT2D eigenvalue weighted by Crippen LogP contribution is -2.35. The highest BCUT2D eigenvalue weighted by molar-refractivity contribution is 5.80. The van der Waals surface area contributed by atoms with Crippen LogP contribution in [0.2, 0.25) is 0 Å². The summed E-state index contributed by atoms with van der Waals surface area (Å²) in [6.45, 7) is 8.53. The van der Waals surface area contributed by atoms with Crippen molar-refractivity contribution in [3.05, 3.63) is 63.2 Å². The lowest BCUT2D eigenvalue weighted by molar-refractivity contribution is -0.144. The zero-order chi connectivity index (χ0) is 23.0. The van der Waals surface area contributed by atoms with Gasteiger partial charge in [-0.2, -0.15) is 18.3 Å². The zero-order valence-corrected chi connectivity index (χ0v) is 18.7. The van der Waals surface area contributed by atoms with E-state index in [1.807, 2.05) is 24.7 Å². The Labute approximate surface area is 185 Å². The first-order chi connectivity index (χ1) is 15.2. The molecule has 172 valence electrons. The maximum absolute atomic E-state index is 13.9. The van der Waals surface area contributed by atoms with Gasteiger partial charge >= 0.3 is 6.18 Å². The van der Waals surface area contributed by atoms with E-state index in [9.17, 15) is 18.0 Å². The lowest BCUT2D eigenvalue weighted by Gasteiger charge is -2.28. The third-order valence-corrected chi connectivity index (χ3v) is 6.46. The normalized spacial score (nSPS) is 17.5. The molecule has 0 bridgehead atoms. The van der Waals surface area contributed by atoms with E-state index in [2.05, 4.69) is 16.9 Å². The summed E-state index contributed by atoms with van der Waals surface area (Å²) in [5.41, 5.74) is 1.95. The number of hydrogen-bond acceptors (Lipinski definition) is 3. The number of pyridine rings is 1. The summed E-state index contributed by atoms with van der Waals surface area (Å²) in [5.74, 6) is 0. The second-order valence-electron chi connectivity index (χ2n) is 8.77. The van der Waals surface area contributed by atoms with Crippen LogP contribution in [0.5, 0.6) is 0 Å². The Bertz CT molecular complexity index is 1180. The minimum Gasteiger partial charge on any atom is -0.335 e. The molecule has 0 aliphatic carbocycles. The number of hydrogen-bond donors (Lipinski definition) is 0. The molecule has 1 atom stereocenters. The predicted octanol–water partition coefficient (Wildman–Crippen LogP) is 4.91. The highest BCUT2D eigenvalue weighted by Gasteiger charge is 2.36. The average Bonchev–Trinajstić information content (AvgIpc) is 3.31. The van der Waals surface area contributed by atoms with Crippen LogP contribution in [0.15, 0.2) is 35.3 Å². The van der Waals surface area contributed by atoms with Gasteiger partial charge in [0.1, 0.15) is 5.69 Å². The molecule has 0 unspecified atom stereocenters. The first-order valence-corrected chi connectivity index (χ1v) is 11.2. The average molecular weight is 447 g/mol. The first kappa shape index (κ1) is 22.6. The molecule has 0 radical (unpaired) electrons. The molecule has 5 nitrogen and oxygen atoms in total. The monoisotopic (exact) mass is 446 g/mol. The maximum atomic E-state index is 13.9. The molecule has 1 aliphatic rings. The molecule has 1 aromatic carbocycles. The van der Waals surface area contributed by atoms with E-state index in [1.54, 1.807) is 18.2 Å². The number of nitrogens with zero attached hydrogens (tertiary/aromatic N) is 4. The van der Waals surface area contributed by atoms with E-state index in [0.717, 1.165) is 55.2 Å². The summed E-state index contributed by atoms with van der Waals surface area (Å²) in [4.78, 5) is 14.7. The SMILES string of the molecule is CCCn1ncc(CN2CCC[C@@H]2Cn2c(C(F)(F)F)cc(=O)c3cc(C)ccc32)c1C. The molecule has 1 aliphatic heterocycles. The molecule has 1 fully saturated rings. The van der Waals surface area contributed by atoms with Gasteiger partial charge in [-0.05, 0) is 51.8 Å². The third kappa shape index (κ3) is 4.33. The van der Waals surface area contributed by atoms with Gasteiger partial charge in [0.2, 0.25) is 0 Å². The van der Waals surface area contributed by atoms with Crippen molar-refractivity contribution in [2.24, 2.45) is 0 Å². The standard InChI is InChI=1S/C24H29F3N4O/c1-4-9-31-17(3)18(13-28-31)14-29-10-5-6-19(29)15-30-21-8-7-16(2)11-20(21)22(32)12-23(30)24(25,26)27/h7-8,11-13,19H,4-6,9-10,14-15H2,1-3H3/t19-/m1/s1. The van der Waals surface area contributed by atoms with Crippen molar-refractivity contribution < 1.29 is 13.2 Å². The number of rotatable bonds is 6. The molecule has 0 spiro atoms. The second kappa shape index (κ2) is 8.73. The molecule has 1 saturated heterocycles. The van der Waals surface area contributed by atoms with Crippen LogP contribution >= 0.6 is 0 Å². The Hall–Kier alpha value is -2.61. The van der Waals surface area contributed by atoms with E-state index in [4.69, 9.17) is 0 Å². The van der Waals surface area contributed by atoms with E-state index < -0.39 is 17.3 Å². The third-order valence-electron chi connectivity index (χ3n) is 6.46. The van der Waals surface area contributed by atoms with Crippen molar-refractivity contribution in [1.82, 2.24) is 19.2 Å². The Morgan fingerprint density at radius 2 is 1.97 bits per heavy atom. The van der Waals surface area contributed by atoms with Crippen molar-refractivity contribution in [2.75, 3.05) is 6.54 Å². The molecule has 4 rings (SSSR count). The molecule has 0 N–H and O–H groups in total. The smallest absolute Gasteiger partial charge is 0.335 e. The van der Waals surface area contributed by atoms with E-state index >= 15 is 0 Å². The maximum Gasteiger partial charge on any atom is 0.431 e. The Kier molecular flexibility index (Phi) is 6.16. The van der Waals surface area contributed by atoms with Crippen molar-refractivity contribution in [1.29, 1.82) is 0 Å². The zero-order valence-electron chi connectivity index (χ0n) is 18.7. The quantitative estimate of drug-likeness (QED) is 0.541. The van der Waals surface area contributed by atoms with Crippen molar-refractivity contribution in [3.8, 4) is 0 Å². The van der Waals surface area contributed by atoms with Crippen LogP contribution in [0, 0.1) is 13.8 Å². The molecule has 0 amide bonds. The summed E-state index contributed by atoms with van der Waals surface area (Å²) in [6, 6.07) is 5.78. The summed E-state index contributed by atoms with van der Waals surface area (Å²) in [5, 5.41) is 4.80. The van der Waals surface area contributed by atoms with Crippen LogP contribution in [-0.4, -0.2) is 31.8 Å². The molecule has 2 aromatic heterocycles. The second-order valence-corrected chi connectivity index (χ2v) is 8.77. The summed E-state index contributed by atoms with van der Waals surface area (Å²) >= 11 is 0. The van der Waals surface area contributed by atoms with Crippen LogP contribution in [0.1, 0.15) is 48.7 Å². The number of fused-ring (bicyclic) bond motifs is 1. The van der Waals surface area contributed by atoms with Gasteiger partial charge in [-0.1, -0.05) is 18.6 Å². The van der Waals surface area contributed by atoms with Crippen molar-refractivity contribution in [2.45, 2.75) is 71.9 Å². The Morgan fingerprint density at radius 3 is 2.69 bits per heavy atom. The lowest BCUT2D eigenvalue weighted by atomic mass is 10.1. The van der Waals surface area contributed by atoms with Crippen molar-refractivity contribution >= 4 is 10.9 Å². The van der Waals surface area contributed by atoms with Crippen molar-refractivity contribution in [3.63, 3.8) is 0 Å². The molecule has 3 heterocycles. The van der Waals surface area contributed by atoms with Crippen LogP contribution in [0.25, 0.3) is 10.9 Å². The highest BCUT2D eigenvalue weighted by atomic mass is 19.4. The molecule has 8 heteroatoms. The van der Waals surface area contributed by atoms with Crippen LogP contribution in [-0.2, 0) is 25.8 Å². The van der Waals surface area contributed by atoms with E-state index in [1.165, 1.54) is 4.57 Å². The molecule has 0 saturated carbocycles. The fraction of sp³-hybridized carbons (Fsp3) is 0.500. The largest absolute Gasteiger partial charge is 0.431 e. The number of alkyl halides is 3. The fourth-order valence-electron chi connectivity index (χ4n) is 4.74. The van der Waals surface area contributed by atoms with Crippen LogP contribution < -0.4 is 5.43 Å². The molecular formula is C24H29F3N4O. The molecule has 3 aromatic rings. The summed E-state index contributed by atoms with van der Waals surface area (Å²) < 4.78 is 45.0. The van der Waals surface area contributed by atoms with Gasteiger partial charge in [0, 0.05) is 48.4 Å². The van der Waals surface area contributed by atoms with Gasteiger partial charge in [-0.15, -0.1) is 0 Å². The van der Waals surface area contributed by atoms with E-state index in [-0.39, 0.29) is 12.6 Å². The predicted molar refractivity (Wildman–Crippen MR) is 119 cm³/mol. The number of likely N-dealkylation sites (tertiary alicyclic amines) is 1. The van der Waals surface area contributed by atoms with Gasteiger partial charge in [-0.3, -0.25) is 14.4 Å². The van der Waals surface area contributed by atoms with Gasteiger partial charge in [0.15, 0.2) is 5.43 Å². The number of aryl methyl sites for hydroxylation is 2. The topological polar surface area (TPSA) is 43.1 Å². The summed E-state index contributed by atoms with van der Waals surface area (Å²) in [6.07, 6.45) is 0.0242. The number of halogens is 3. The number of aromatic nitrogens is 3. The number of benzene rings is 1. The minimum absolute atomic E-state index is 0.0444. The Morgan fingerprint density at radius 1 is 1.19 bits per heavy atom. The minimum atomic E-state index is -4.60. The molecular weight excluding hydrogens is 417 g/mol. The Balaban J connectivity index is 1.69. The highest BCUT2D eigenvalue weighted by Crippen LogP contribution is 2.32. The van der Waals surface area contributed by atoms with Crippen LogP contribution in [0.3, 0.4) is 0 Å². The van der Waals surface area contributed by atoms with E-state index in [0.29, 0.717) is 17.4 Å². The van der Waals surface area contributed by atoms with Crippen LogP contribution in [0.4, 0.5) is 13.2 Å². The van der Waals surface area contributed by atoms with Gasteiger partial charge in [0.05, 0.1) is 11.7 Å². The summed E-state index contributed by atoms with van der Waals surface area (Å²) in [7, 11) is 0.